The van der Waals surface area contributed by atoms with E-state index in [-0.39, 0.29) is 17.3 Å². The maximum absolute atomic E-state index is 12.3. The number of rotatable bonds is 5. The highest BCUT2D eigenvalue weighted by Crippen LogP contribution is 2.31. The summed E-state index contributed by atoms with van der Waals surface area (Å²) in [6.45, 7) is 4.74. The highest BCUT2D eigenvalue weighted by molar-refractivity contribution is 8.01. The molecule has 1 fully saturated rings. The molecule has 1 saturated heterocycles. The summed E-state index contributed by atoms with van der Waals surface area (Å²) in [5.74, 6) is 0.626. The first-order valence-electron chi connectivity index (χ1n) is 7.02. The zero-order valence-corrected chi connectivity index (χ0v) is 13.4. The second kappa shape index (κ2) is 7.04. The van der Waals surface area contributed by atoms with Crippen LogP contribution in [0.5, 0.6) is 5.75 Å². The molecule has 0 bridgehead atoms. The fraction of sp³-hybridized carbons (Fsp3) is 0.533. The first-order chi connectivity index (χ1) is 10.0. The lowest BCUT2D eigenvalue weighted by Gasteiger charge is -2.19. The molecule has 6 heteroatoms. The summed E-state index contributed by atoms with van der Waals surface area (Å²) in [6.07, 6.45) is 1.20. The van der Waals surface area contributed by atoms with Gasteiger partial charge in [-0.3, -0.25) is 4.79 Å². The van der Waals surface area contributed by atoms with Gasteiger partial charge in [0.15, 0.2) is 0 Å². The van der Waals surface area contributed by atoms with Gasteiger partial charge in [0.1, 0.15) is 5.75 Å². The number of methoxy groups -OCH3 is 1. The molecule has 2 rings (SSSR count). The Labute approximate surface area is 129 Å². The molecule has 1 aromatic carbocycles. The molecule has 1 amide bonds. The summed E-state index contributed by atoms with van der Waals surface area (Å²) < 4.78 is 10.6. The molecular formula is C15H22N2O3S. The zero-order valence-electron chi connectivity index (χ0n) is 12.6. The Hall–Kier alpha value is -1.40. The first-order valence-corrected chi connectivity index (χ1v) is 7.97. The largest absolute Gasteiger partial charge is 0.497 e. The highest BCUT2D eigenvalue weighted by Gasteiger charge is 2.28. The van der Waals surface area contributed by atoms with Crippen molar-refractivity contribution in [1.29, 1.82) is 0 Å². The number of nitrogens with one attached hydrogen (secondary N) is 1. The van der Waals surface area contributed by atoms with Crippen molar-refractivity contribution in [2.75, 3.05) is 24.8 Å². The molecule has 116 valence electrons. The van der Waals surface area contributed by atoms with Crippen molar-refractivity contribution in [2.24, 2.45) is 0 Å². The summed E-state index contributed by atoms with van der Waals surface area (Å²) in [6, 6.07) is 5.22. The molecule has 0 spiro atoms. The second-order valence-electron chi connectivity index (χ2n) is 5.12. The molecule has 3 atom stereocenters. The van der Waals surface area contributed by atoms with Gasteiger partial charge in [0.05, 0.1) is 29.8 Å². The van der Waals surface area contributed by atoms with Gasteiger partial charge in [0.25, 0.3) is 0 Å². The number of anilines is 2. The number of hydrogen-bond acceptors (Lipinski definition) is 5. The van der Waals surface area contributed by atoms with E-state index in [9.17, 15) is 4.79 Å². The number of thioether (sulfide) groups is 1. The van der Waals surface area contributed by atoms with Gasteiger partial charge in [-0.15, -0.1) is 11.8 Å². The molecule has 1 aliphatic heterocycles. The van der Waals surface area contributed by atoms with E-state index in [4.69, 9.17) is 15.2 Å². The maximum atomic E-state index is 12.3. The lowest BCUT2D eigenvalue weighted by atomic mass is 10.2. The molecule has 3 unspecified atom stereocenters. The average Bonchev–Trinajstić information content (AvgIpc) is 2.86. The van der Waals surface area contributed by atoms with E-state index in [1.165, 1.54) is 0 Å². The number of carbonyl (C=O) groups is 1. The Bertz CT molecular complexity index is 510. The van der Waals surface area contributed by atoms with Crippen LogP contribution in [0.1, 0.15) is 20.3 Å². The Balaban J connectivity index is 1.94. The van der Waals surface area contributed by atoms with Crippen molar-refractivity contribution in [3.05, 3.63) is 18.2 Å². The minimum atomic E-state index is -0.152. The van der Waals surface area contributed by atoms with Crippen molar-refractivity contribution >= 4 is 29.0 Å². The van der Waals surface area contributed by atoms with Gasteiger partial charge in [-0.1, -0.05) is 0 Å². The van der Waals surface area contributed by atoms with Crippen LogP contribution in [0.25, 0.3) is 0 Å². The van der Waals surface area contributed by atoms with E-state index in [1.807, 2.05) is 6.92 Å². The van der Waals surface area contributed by atoms with Gasteiger partial charge >= 0.3 is 0 Å². The molecule has 0 radical (unpaired) electrons. The fourth-order valence-corrected chi connectivity index (χ4v) is 3.47. The predicted molar refractivity (Wildman–Crippen MR) is 86.9 cm³/mol. The Morgan fingerprint density at radius 1 is 1.57 bits per heavy atom. The summed E-state index contributed by atoms with van der Waals surface area (Å²) in [5.41, 5.74) is 7.02. The predicted octanol–water partition coefficient (Wildman–Crippen LogP) is 2.51. The molecule has 3 N–H and O–H groups in total. The van der Waals surface area contributed by atoms with Crippen molar-refractivity contribution in [2.45, 2.75) is 36.9 Å². The summed E-state index contributed by atoms with van der Waals surface area (Å²) in [4.78, 5) is 12.3. The van der Waals surface area contributed by atoms with Gasteiger partial charge in [-0.2, -0.15) is 0 Å². The van der Waals surface area contributed by atoms with E-state index in [0.29, 0.717) is 22.4 Å². The molecule has 1 heterocycles. The van der Waals surface area contributed by atoms with E-state index >= 15 is 0 Å². The molecule has 5 nitrogen and oxygen atoms in total. The van der Waals surface area contributed by atoms with Gasteiger partial charge in [-0.05, 0) is 32.4 Å². The third-order valence-corrected chi connectivity index (χ3v) is 5.16. The van der Waals surface area contributed by atoms with Crippen molar-refractivity contribution in [1.82, 2.24) is 0 Å². The van der Waals surface area contributed by atoms with Crippen LogP contribution in [0.15, 0.2) is 18.2 Å². The smallest absolute Gasteiger partial charge is 0.237 e. The van der Waals surface area contributed by atoms with Gasteiger partial charge in [-0.25, -0.2) is 0 Å². The van der Waals surface area contributed by atoms with Gasteiger partial charge in [0, 0.05) is 17.9 Å². The summed E-state index contributed by atoms with van der Waals surface area (Å²) in [5, 5.41) is 3.09. The lowest BCUT2D eigenvalue weighted by molar-refractivity contribution is -0.115. The number of hydrogen-bond donors (Lipinski definition) is 2. The standard InChI is InChI=1S/C15H22N2O3S/c1-9-14(6-7-20-9)21-10(2)15(18)17-13-5-4-11(19-3)8-12(13)16/h4-5,8-10,14H,6-7,16H2,1-3H3,(H,17,18). The van der Waals surface area contributed by atoms with Crippen LogP contribution < -0.4 is 15.8 Å². The third kappa shape index (κ3) is 4.04. The SMILES string of the molecule is COc1ccc(NC(=O)C(C)SC2CCOC2C)c(N)c1. The van der Waals surface area contributed by atoms with Crippen LogP contribution in [0, 0.1) is 0 Å². The van der Waals surface area contributed by atoms with E-state index < -0.39 is 0 Å². The molecule has 0 aliphatic carbocycles. The molecule has 0 aromatic heterocycles. The Morgan fingerprint density at radius 2 is 2.33 bits per heavy atom. The molecule has 0 saturated carbocycles. The van der Waals surface area contributed by atoms with Crippen molar-refractivity contribution in [3.8, 4) is 5.75 Å². The van der Waals surface area contributed by atoms with Crippen LogP contribution >= 0.6 is 11.8 Å². The van der Waals surface area contributed by atoms with Gasteiger partial charge in [0.2, 0.25) is 5.91 Å². The number of carbonyl (C=O) groups excluding carboxylic acids is 1. The minimum Gasteiger partial charge on any atom is -0.497 e. The monoisotopic (exact) mass is 310 g/mol. The maximum Gasteiger partial charge on any atom is 0.237 e. The normalized spacial score (nSPS) is 22.8. The van der Waals surface area contributed by atoms with Crippen LogP contribution in [0.4, 0.5) is 11.4 Å². The Kier molecular flexibility index (Phi) is 5.36. The van der Waals surface area contributed by atoms with E-state index in [0.717, 1.165) is 13.0 Å². The molecule has 1 aliphatic rings. The molecule has 21 heavy (non-hydrogen) atoms. The zero-order chi connectivity index (χ0) is 15.4. The highest BCUT2D eigenvalue weighted by atomic mass is 32.2. The first kappa shape index (κ1) is 16.0. The van der Waals surface area contributed by atoms with Crippen LogP contribution in [-0.4, -0.2) is 36.2 Å². The molecular weight excluding hydrogens is 288 g/mol. The third-order valence-electron chi connectivity index (χ3n) is 3.57. The van der Waals surface area contributed by atoms with Crippen LogP contribution in [-0.2, 0) is 9.53 Å². The quantitative estimate of drug-likeness (QED) is 0.818. The van der Waals surface area contributed by atoms with E-state index in [2.05, 4.69) is 12.2 Å². The van der Waals surface area contributed by atoms with Crippen LogP contribution in [0.2, 0.25) is 0 Å². The number of nitrogens with two attached hydrogens (primary N) is 1. The van der Waals surface area contributed by atoms with E-state index in [1.54, 1.807) is 37.1 Å². The van der Waals surface area contributed by atoms with Gasteiger partial charge < -0.3 is 20.5 Å². The van der Waals surface area contributed by atoms with Crippen molar-refractivity contribution < 1.29 is 14.3 Å². The molecule has 1 aromatic rings. The average molecular weight is 310 g/mol. The lowest BCUT2D eigenvalue weighted by Crippen LogP contribution is -2.27. The van der Waals surface area contributed by atoms with Crippen LogP contribution in [0.3, 0.4) is 0 Å². The topological polar surface area (TPSA) is 73.6 Å². The summed E-state index contributed by atoms with van der Waals surface area (Å²) in [7, 11) is 1.58. The van der Waals surface area contributed by atoms with Crippen molar-refractivity contribution in [3.63, 3.8) is 0 Å². The Morgan fingerprint density at radius 3 is 2.90 bits per heavy atom. The fourth-order valence-electron chi connectivity index (χ4n) is 2.23. The number of amides is 1. The minimum absolute atomic E-state index is 0.0454. The number of benzene rings is 1. The number of ether oxygens (including phenoxy) is 2. The summed E-state index contributed by atoms with van der Waals surface area (Å²) >= 11 is 1.65. The second-order valence-corrected chi connectivity index (χ2v) is 6.71. The number of nitrogen functional groups attached to an aromatic ring is 1.